The Morgan fingerprint density at radius 1 is 1.21 bits per heavy atom. The smallest absolute Gasteiger partial charge is 0.307 e. The first-order valence-electron chi connectivity index (χ1n) is 6.82. The minimum Gasteiger partial charge on any atom is -0.868 e. The van der Waals surface area contributed by atoms with E-state index in [0.717, 1.165) is 17.5 Å². The second kappa shape index (κ2) is 6.21. The molecule has 0 fully saturated rings. The van der Waals surface area contributed by atoms with Gasteiger partial charge in [-0.1, -0.05) is 30.3 Å². The SMILES string of the molecule is O=C(NN=Cc1ccc([O-])c([N+](=O)[O-])c1)c1cc2ccccc2o1. The number of furan rings is 1. The maximum absolute atomic E-state index is 12.0. The molecule has 120 valence electrons. The lowest BCUT2D eigenvalue weighted by atomic mass is 10.2. The Hall–Kier alpha value is -3.68. The third-order valence-corrected chi connectivity index (χ3v) is 3.21. The van der Waals surface area contributed by atoms with Gasteiger partial charge in [0.15, 0.2) is 5.76 Å². The first kappa shape index (κ1) is 15.2. The summed E-state index contributed by atoms with van der Waals surface area (Å²) in [6.45, 7) is 0. The van der Waals surface area contributed by atoms with Crippen LogP contribution in [0.2, 0.25) is 0 Å². The van der Waals surface area contributed by atoms with Crippen LogP contribution in [0.3, 0.4) is 0 Å². The van der Waals surface area contributed by atoms with Gasteiger partial charge in [0.1, 0.15) is 5.58 Å². The average molecular weight is 324 g/mol. The minimum atomic E-state index is -0.771. The van der Waals surface area contributed by atoms with Crippen LogP contribution < -0.4 is 10.5 Å². The van der Waals surface area contributed by atoms with Crippen molar-refractivity contribution in [1.29, 1.82) is 0 Å². The van der Waals surface area contributed by atoms with Crippen molar-refractivity contribution in [3.8, 4) is 5.75 Å². The number of carbonyl (C=O) groups excluding carboxylic acids is 1. The number of nitro benzene ring substituents is 1. The first-order valence-corrected chi connectivity index (χ1v) is 6.82. The maximum Gasteiger partial charge on any atom is 0.307 e. The molecule has 8 nitrogen and oxygen atoms in total. The monoisotopic (exact) mass is 324 g/mol. The molecule has 0 atom stereocenters. The van der Waals surface area contributed by atoms with Crippen LogP contribution in [0.5, 0.6) is 5.75 Å². The van der Waals surface area contributed by atoms with Crippen LogP contribution in [-0.2, 0) is 0 Å². The van der Waals surface area contributed by atoms with E-state index in [-0.39, 0.29) is 5.76 Å². The van der Waals surface area contributed by atoms with E-state index < -0.39 is 22.3 Å². The first-order chi connectivity index (χ1) is 11.5. The minimum absolute atomic E-state index is 0.0919. The molecule has 3 aromatic rings. The zero-order valence-corrected chi connectivity index (χ0v) is 12.1. The largest absolute Gasteiger partial charge is 0.868 e. The molecule has 0 saturated carbocycles. The number of carbonyl (C=O) groups is 1. The second-order valence-electron chi connectivity index (χ2n) is 4.83. The van der Waals surface area contributed by atoms with Crippen molar-refractivity contribution in [3.63, 3.8) is 0 Å². The van der Waals surface area contributed by atoms with E-state index in [0.29, 0.717) is 11.1 Å². The molecule has 0 aliphatic rings. The molecule has 3 rings (SSSR count). The maximum atomic E-state index is 12.0. The van der Waals surface area contributed by atoms with Crippen molar-refractivity contribution in [2.75, 3.05) is 0 Å². The van der Waals surface area contributed by atoms with Crippen molar-refractivity contribution in [2.24, 2.45) is 5.10 Å². The molecule has 8 heteroatoms. The van der Waals surface area contributed by atoms with Gasteiger partial charge in [-0.3, -0.25) is 14.9 Å². The third-order valence-electron chi connectivity index (χ3n) is 3.21. The highest BCUT2D eigenvalue weighted by Crippen LogP contribution is 2.23. The molecule has 2 aromatic carbocycles. The summed E-state index contributed by atoms with van der Waals surface area (Å²) < 4.78 is 5.38. The van der Waals surface area contributed by atoms with Gasteiger partial charge >= 0.3 is 5.91 Å². The van der Waals surface area contributed by atoms with Crippen LogP contribution in [0.4, 0.5) is 5.69 Å². The van der Waals surface area contributed by atoms with E-state index in [4.69, 9.17) is 4.42 Å². The van der Waals surface area contributed by atoms with Gasteiger partial charge in [0.25, 0.3) is 5.69 Å². The zero-order valence-electron chi connectivity index (χ0n) is 12.1. The summed E-state index contributed by atoms with van der Waals surface area (Å²) >= 11 is 0. The highest BCUT2D eigenvalue weighted by molar-refractivity contribution is 5.96. The fourth-order valence-electron chi connectivity index (χ4n) is 2.07. The topological polar surface area (TPSA) is 121 Å². The van der Waals surface area contributed by atoms with Crippen LogP contribution in [-0.4, -0.2) is 17.0 Å². The number of hydrazone groups is 1. The number of benzene rings is 2. The van der Waals surface area contributed by atoms with Crippen molar-refractivity contribution < 1.29 is 19.2 Å². The van der Waals surface area contributed by atoms with Crippen LogP contribution >= 0.6 is 0 Å². The number of rotatable bonds is 4. The molecule has 1 N–H and O–H groups in total. The van der Waals surface area contributed by atoms with Crippen molar-refractivity contribution in [3.05, 3.63) is 70.0 Å². The lowest BCUT2D eigenvalue weighted by Gasteiger charge is -2.05. The quantitative estimate of drug-likeness (QED) is 0.448. The molecule has 1 amide bonds. The summed E-state index contributed by atoms with van der Waals surface area (Å²) in [6.07, 6.45) is 1.20. The Labute approximate surface area is 135 Å². The second-order valence-corrected chi connectivity index (χ2v) is 4.83. The fourth-order valence-corrected chi connectivity index (χ4v) is 2.07. The van der Waals surface area contributed by atoms with E-state index in [1.54, 1.807) is 18.2 Å². The Bertz CT molecular complexity index is 928. The summed E-state index contributed by atoms with van der Waals surface area (Å²) in [5.74, 6) is -1.16. The van der Waals surface area contributed by atoms with Gasteiger partial charge in [-0.25, -0.2) is 5.43 Å². The zero-order chi connectivity index (χ0) is 17.1. The van der Waals surface area contributed by atoms with E-state index in [2.05, 4.69) is 10.5 Å². The predicted molar refractivity (Wildman–Crippen MR) is 83.8 cm³/mol. The van der Waals surface area contributed by atoms with E-state index in [1.807, 2.05) is 12.1 Å². The van der Waals surface area contributed by atoms with Crippen molar-refractivity contribution >= 4 is 28.8 Å². The molecular weight excluding hydrogens is 314 g/mol. The van der Waals surface area contributed by atoms with Crippen LogP contribution in [0.1, 0.15) is 16.1 Å². The standard InChI is InChI=1S/C16H11N3O5/c20-13-6-5-10(7-12(13)19(22)23)9-17-18-16(21)15-8-11-3-1-2-4-14(11)24-15/h1-9,20H,(H,18,21)/p-1. The van der Waals surface area contributed by atoms with E-state index >= 15 is 0 Å². The predicted octanol–water partition coefficient (Wildman–Crippen LogP) is 2.18. The molecular formula is C16H10N3O5-. The Morgan fingerprint density at radius 2 is 2.00 bits per heavy atom. The summed E-state index contributed by atoms with van der Waals surface area (Å²) in [5.41, 5.74) is 2.60. The van der Waals surface area contributed by atoms with Crippen molar-refractivity contribution in [2.45, 2.75) is 0 Å². The molecule has 0 unspecified atom stereocenters. The van der Waals surface area contributed by atoms with Gasteiger partial charge in [0.2, 0.25) is 0 Å². The lowest BCUT2D eigenvalue weighted by molar-refractivity contribution is -0.398. The van der Waals surface area contributed by atoms with E-state index in [9.17, 15) is 20.0 Å². The molecule has 1 heterocycles. The number of para-hydroxylation sites is 1. The number of fused-ring (bicyclic) bond motifs is 1. The van der Waals surface area contributed by atoms with E-state index in [1.165, 1.54) is 12.3 Å². The Kier molecular flexibility index (Phi) is 3.94. The molecule has 0 aliphatic heterocycles. The highest BCUT2D eigenvalue weighted by Gasteiger charge is 2.11. The summed E-state index contributed by atoms with van der Waals surface area (Å²) in [7, 11) is 0. The van der Waals surface area contributed by atoms with Crippen LogP contribution in [0, 0.1) is 10.1 Å². The highest BCUT2D eigenvalue weighted by atomic mass is 16.6. The fraction of sp³-hybridized carbons (Fsp3) is 0. The molecule has 0 aliphatic carbocycles. The normalized spacial score (nSPS) is 11.0. The molecule has 0 spiro atoms. The van der Waals surface area contributed by atoms with Crippen molar-refractivity contribution in [1.82, 2.24) is 5.43 Å². The molecule has 0 radical (unpaired) electrons. The van der Waals surface area contributed by atoms with Gasteiger partial charge in [-0.15, -0.1) is 0 Å². The number of nitro groups is 1. The van der Waals surface area contributed by atoms with Gasteiger partial charge in [-0.2, -0.15) is 5.10 Å². The summed E-state index contributed by atoms with van der Waals surface area (Å²) in [4.78, 5) is 21.9. The number of hydrogen-bond donors (Lipinski definition) is 1. The number of amides is 1. The van der Waals surface area contributed by atoms with Gasteiger partial charge in [-0.05, 0) is 17.9 Å². The molecule has 24 heavy (non-hydrogen) atoms. The third kappa shape index (κ3) is 3.07. The lowest BCUT2D eigenvalue weighted by Crippen LogP contribution is -2.16. The van der Waals surface area contributed by atoms with Gasteiger partial charge in [0, 0.05) is 17.0 Å². The number of hydrogen-bond acceptors (Lipinski definition) is 6. The Balaban J connectivity index is 1.73. The molecule has 1 aromatic heterocycles. The van der Waals surface area contributed by atoms with Crippen LogP contribution in [0.15, 0.2) is 58.0 Å². The molecule has 0 saturated heterocycles. The summed E-state index contributed by atoms with van der Waals surface area (Å²) in [6, 6.07) is 12.3. The number of nitrogens with zero attached hydrogens (tertiary/aromatic N) is 2. The van der Waals surface area contributed by atoms with Gasteiger partial charge in [0.05, 0.1) is 11.1 Å². The van der Waals surface area contributed by atoms with Gasteiger partial charge < -0.3 is 9.52 Å². The van der Waals surface area contributed by atoms with Crippen LogP contribution in [0.25, 0.3) is 11.0 Å². The average Bonchev–Trinajstić information content (AvgIpc) is 3.00. The number of nitrogens with one attached hydrogen (secondary N) is 1. The molecule has 0 bridgehead atoms. The summed E-state index contributed by atoms with van der Waals surface area (Å²) in [5, 5.41) is 26.5. The Morgan fingerprint density at radius 3 is 2.75 bits per heavy atom.